The maximum Gasteiger partial charge on any atom is 0.0708 e. The van der Waals surface area contributed by atoms with E-state index in [9.17, 15) is 0 Å². The highest BCUT2D eigenvalue weighted by Crippen LogP contribution is 2.24. The lowest BCUT2D eigenvalue weighted by atomic mass is 10.0. The van der Waals surface area contributed by atoms with Crippen molar-refractivity contribution in [1.29, 1.82) is 0 Å². The van der Waals surface area contributed by atoms with Crippen LogP contribution in [0, 0.1) is 0 Å². The Kier molecular flexibility index (Phi) is 2.81. The molecule has 3 rings (SSSR count). The van der Waals surface area contributed by atoms with Gasteiger partial charge in [0.05, 0.1) is 5.52 Å². The second-order valence-electron chi connectivity index (χ2n) is 4.43. The summed E-state index contributed by atoms with van der Waals surface area (Å²) in [4.78, 5) is 4.51. The van der Waals surface area contributed by atoms with Gasteiger partial charge in [0, 0.05) is 17.0 Å². The largest absolute Gasteiger partial charge is 0.256 e. The number of rotatable bonds is 2. The van der Waals surface area contributed by atoms with E-state index in [0.717, 1.165) is 11.9 Å². The molecule has 1 heterocycles. The van der Waals surface area contributed by atoms with E-state index in [4.69, 9.17) is 0 Å². The first-order valence-electron chi connectivity index (χ1n) is 6.32. The second-order valence-corrected chi connectivity index (χ2v) is 4.43. The topological polar surface area (TPSA) is 12.9 Å². The molecule has 0 saturated heterocycles. The molecule has 0 amide bonds. The van der Waals surface area contributed by atoms with Crippen LogP contribution in [0.3, 0.4) is 0 Å². The molecule has 1 aromatic heterocycles. The van der Waals surface area contributed by atoms with Crippen LogP contribution in [0.25, 0.3) is 27.8 Å². The van der Waals surface area contributed by atoms with Crippen LogP contribution in [0.4, 0.5) is 0 Å². The molecule has 3 aromatic rings. The van der Waals surface area contributed by atoms with Crippen LogP contribution in [0.5, 0.6) is 0 Å². The van der Waals surface area contributed by atoms with Gasteiger partial charge in [-0.25, -0.2) is 0 Å². The molecule has 0 saturated carbocycles. The van der Waals surface area contributed by atoms with Crippen molar-refractivity contribution in [2.75, 3.05) is 0 Å². The van der Waals surface area contributed by atoms with Crippen molar-refractivity contribution in [3.05, 3.63) is 60.3 Å². The SMILES string of the molecule is CC/C=C/c1ccc2ncc3ccccc3c2c1. The third-order valence-electron chi connectivity index (χ3n) is 3.16. The first-order chi connectivity index (χ1) is 8.88. The minimum absolute atomic E-state index is 1.06. The first-order valence-corrected chi connectivity index (χ1v) is 6.32. The number of pyridine rings is 1. The molecule has 0 aliphatic heterocycles. The van der Waals surface area contributed by atoms with E-state index in [1.165, 1.54) is 21.7 Å². The fraction of sp³-hybridized carbons (Fsp3) is 0.118. The molecule has 0 atom stereocenters. The molecule has 18 heavy (non-hydrogen) atoms. The Morgan fingerprint density at radius 3 is 2.83 bits per heavy atom. The zero-order valence-electron chi connectivity index (χ0n) is 10.4. The van der Waals surface area contributed by atoms with Gasteiger partial charge in [0.1, 0.15) is 0 Å². The van der Waals surface area contributed by atoms with E-state index in [2.05, 4.69) is 66.5 Å². The Hall–Kier alpha value is -2.15. The average Bonchev–Trinajstić information content (AvgIpc) is 2.45. The predicted octanol–water partition coefficient (Wildman–Crippen LogP) is 4.81. The van der Waals surface area contributed by atoms with Crippen molar-refractivity contribution >= 4 is 27.8 Å². The lowest BCUT2D eigenvalue weighted by Gasteiger charge is -2.04. The summed E-state index contributed by atoms with van der Waals surface area (Å²) in [6, 6.07) is 14.8. The van der Waals surface area contributed by atoms with Crippen LogP contribution >= 0.6 is 0 Å². The highest BCUT2D eigenvalue weighted by atomic mass is 14.6. The van der Waals surface area contributed by atoms with Gasteiger partial charge in [0.15, 0.2) is 0 Å². The smallest absolute Gasteiger partial charge is 0.0708 e. The van der Waals surface area contributed by atoms with Crippen molar-refractivity contribution in [2.24, 2.45) is 0 Å². The zero-order chi connectivity index (χ0) is 12.4. The maximum atomic E-state index is 4.51. The Bertz CT molecular complexity index is 726. The molecule has 1 nitrogen and oxygen atoms in total. The van der Waals surface area contributed by atoms with E-state index in [-0.39, 0.29) is 0 Å². The van der Waals surface area contributed by atoms with Crippen molar-refractivity contribution in [3.63, 3.8) is 0 Å². The number of fused-ring (bicyclic) bond motifs is 3. The summed E-state index contributed by atoms with van der Waals surface area (Å²) < 4.78 is 0. The number of nitrogens with zero attached hydrogens (tertiary/aromatic N) is 1. The van der Waals surface area contributed by atoms with Gasteiger partial charge in [-0.15, -0.1) is 0 Å². The van der Waals surface area contributed by atoms with Crippen LogP contribution < -0.4 is 0 Å². The maximum absolute atomic E-state index is 4.51. The van der Waals surface area contributed by atoms with Crippen LogP contribution in [-0.2, 0) is 0 Å². The normalized spacial score (nSPS) is 11.6. The third-order valence-corrected chi connectivity index (χ3v) is 3.16. The molecule has 0 fully saturated rings. The van der Waals surface area contributed by atoms with E-state index < -0.39 is 0 Å². The number of benzene rings is 2. The van der Waals surface area contributed by atoms with Gasteiger partial charge >= 0.3 is 0 Å². The molecule has 0 aliphatic carbocycles. The van der Waals surface area contributed by atoms with E-state index in [1.807, 2.05) is 6.20 Å². The van der Waals surface area contributed by atoms with Crippen LogP contribution in [0.1, 0.15) is 18.9 Å². The molecular formula is C17H15N. The van der Waals surface area contributed by atoms with Gasteiger partial charge in [-0.05, 0) is 29.5 Å². The minimum atomic E-state index is 1.06. The monoisotopic (exact) mass is 233 g/mol. The third kappa shape index (κ3) is 1.88. The van der Waals surface area contributed by atoms with Crippen LogP contribution in [0.15, 0.2) is 54.7 Å². The van der Waals surface area contributed by atoms with Crippen LogP contribution in [0.2, 0.25) is 0 Å². The quantitative estimate of drug-likeness (QED) is 0.579. The molecule has 2 aromatic carbocycles. The second kappa shape index (κ2) is 4.61. The van der Waals surface area contributed by atoms with Crippen molar-refractivity contribution in [2.45, 2.75) is 13.3 Å². The summed E-state index contributed by atoms with van der Waals surface area (Å²) in [6.45, 7) is 2.15. The Morgan fingerprint density at radius 1 is 1.06 bits per heavy atom. The summed E-state index contributed by atoms with van der Waals surface area (Å²) >= 11 is 0. The first kappa shape index (κ1) is 11.0. The molecule has 0 N–H and O–H groups in total. The standard InChI is InChI=1S/C17H15N/c1-2-3-6-13-9-10-17-16(11-13)15-8-5-4-7-14(15)12-18-17/h3-12H,2H2,1H3/b6-3+. The Labute approximate surface area is 107 Å². The molecule has 88 valence electrons. The number of hydrogen-bond donors (Lipinski definition) is 0. The fourth-order valence-corrected chi connectivity index (χ4v) is 2.23. The highest BCUT2D eigenvalue weighted by molar-refractivity contribution is 6.05. The summed E-state index contributed by atoms with van der Waals surface area (Å²) in [5.74, 6) is 0. The lowest BCUT2D eigenvalue weighted by Crippen LogP contribution is -1.83. The summed E-state index contributed by atoms with van der Waals surface area (Å²) in [7, 11) is 0. The summed E-state index contributed by atoms with van der Waals surface area (Å²) in [5.41, 5.74) is 2.30. The van der Waals surface area contributed by atoms with Gasteiger partial charge < -0.3 is 0 Å². The minimum Gasteiger partial charge on any atom is -0.256 e. The molecule has 0 unspecified atom stereocenters. The van der Waals surface area contributed by atoms with Gasteiger partial charge in [-0.2, -0.15) is 0 Å². The fourth-order valence-electron chi connectivity index (χ4n) is 2.23. The van der Waals surface area contributed by atoms with Crippen molar-refractivity contribution in [1.82, 2.24) is 4.98 Å². The lowest BCUT2D eigenvalue weighted by molar-refractivity contribution is 1.23. The molecule has 0 bridgehead atoms. The van der Waals surface area contributed by atoms with E-state index in [0.29, 0.717) is 0 Å². The highest BCUT2D eigenvalue weighted by Gasteiger charge is 2.01. The van der Waals surface area contributed by atoms with Crippen molar-refractivity contribution in [3.8, 4) is 0 Å². The van der Waals surface area contributed by atoms with Gasteiger partial charge in [0.25, 0.3) is 0 Å². The zero-order valence-corrected chi connectivity index (χ0v) is 10.4. The number of aromatic nitrogens is 1. The predicted molar refractivity (Wildman–Crippen MR) is 78.6 cm³/mol. The van der Waals surface area contributed by atoms with Gasteiger partial charge in [-0.3, -0.25) is 4.98 Å². The molecule has 0 radical (unpaired) electrons. The molecule has 0 aliphatic rings. The number of hydrogen-bond acceptors (Lipinski definition) is 1. The van der Waals surface area contributed by atoms with E-state index >= 15 is 0 Å². The Balaban J connectivity index is 2.30. The van der Waals surface area contributed by atoms with Gasteiger partial charge in [0.2, 0.25) is 0 Å². The molecule has 1 heteroatoms. The molecule has 0 spiro atoms. The molecular weight excluding hydrogens is 218 g/mol. The van der Waals surface area contributed by atoms with Gasteiger partial charge in [-0.1, -0.05) is 49.4 Å². The summed E-state index contributed by atoms with van der Waals surface area (Å²) in [5, 5.41) is 3.70. The Morgan fingerprint density at radius 2 is 1.94 bits per heavy atom. The summed E-state index contributed by atoms with van der Waals surface area (Å²) in [6.07, 6.45) is 7.35. The van der Waals surface area contributed by atoms with Crippen molar-refractivity contribution < 1.29 is 0 Å². The van der Waals surface area contributed by atoms with Crippen LogP contribution in [-0.4, -0.2) is 4.98 Å². The van der Waals surface area contributed by atoms with E-state index in [1.54, 1.807) is 0 Å². The number of allylic oxidation sites excluding steroid dienone is 1. The average molecular weight is 233 g/mol.